The Bertz CT molecular complexity index is 1200. The number of fused-ring (bicyclic) bond motifs is 2. The lowest BCUT2D eigenvalue weighted by molar-refractivity contribution is -0.0213. The highest BCUT2D eigenvalue weighted by Gasteiger charge is 2.78. The predicted octanol–water partition coefficient (Wildman–Crippen LogP) is 8.19. The van der Waals surface area contributed by atoms with Gasteiger partial charge in [0.25, 0.3) is 0 Å². The van der Waals surface area contributed by atoms with Crippen LogP contribution < -0.4 is 11.5 Å². The molecule has 0 saturated heterocycles. The van der Waals surface area contributed by atoms with E-state index in [0.717, 1.165) is 48.3 Å². The number of carbonyl (C=O) groups is 1. The summed E-state index contributed by atoms with van der Waals surface area (Å²) in [6.07, 6.45) is 15.0. The van der Waals surface area contributed by atoms with E-state index in [1.807, 2.05) is 0 Å². The number of hydrogen-bond donors (Lipinski definition) is 2. The smallest absolute Gasteiger partial charge is 0.338 e. The Hall–Kier alpha value is -2.23. The SMILES string of the molecule is CC(C)=CCCC(C)C1CCC2C3CC=C4C(C)(C)C(OC(=O)c5cc(N)cc(N)c5)CCC45C(CC12C)C35. The summed E-state index contributed by atoms with van der Waals surface area (Å²) in [6.45, 7) is 14.3. The van der Waals surface area contributed by atoms with Crippen molar-refractivity contribution in [1.29, 1.82) is 0 Å². The number of carbonyl (C=O) groups excluding carboxylic acids is 1. The van der Waals surface area contributed by atoms with Crippen LogP contribution in [0.4, 0.5) is 11.4 Å². The van der Waals surface area contributed by atoms with Gasteiger partial charge in [-0.15, -0.1) is 0 Å². The van der Waals surface area contributed by atoms with Crippen LogP contribution in [-0.4, -0.2) is 12.1 Å². The van der Waals surface area contributed by atoms with Crippen LogP contribution in [0.1, 0.15) is 103 Å². The first-order chi connectivity index (χ1) is 18.4. The van der Waals surface area contributed by atoms with E-state index in [9.17, 15) is 4.79 Å². The molecule has 4 fully saturated rings. The Labute approximate surface area is 236 Å². The number of ether oxygens (including phenoxy) is 1. The van der Waals surface area contributed by atoms with Crippen molar-refractivity contribution < 1.29 is 9.53 Å². The van der Waals surface area contributed by atoms with E-state index < -0.39 is 0 Å². The minimum Gasteiger partial charge on any atom is -0.458 e. The number of nitrogen functional groups attached to an aromatic ring is 2. The van der Waals surface area contributed by atoms with Gasteiger partial charge in [0.15, 0.2) is 0 Å². The fourth-order valence-corrected chi connectivity index (χ4v) is 10.9. The minimum atomic E-state index is -0.308. The Kier molecular flexibility index (Phi) is 6.32. The number of anilines is 2. The van der Waals surface area contributed by atoms with Crippen molar-refractivity contribution in [1.82, 2.24) is 0 Å². The third-order valence-electron chi connectivity index (χ3n) is 12.4. The molecule has 0 aromatic heterocycles. The van der Waals surface area contributed by atoms with E-state index >= 15 is 0 Å². The van der Waals surface area contributed by atoms with Crippen LogP contribution in [0.5, 0.6) is 0 Å². The highest BCUT2D eigenvalue weighted by molar-refractivity contribution is 5.92. The monoisotopic (exact) mass is 530 g/mol. The van der Waals surface area contributed by atoms with Crippen LogP contribution in [0.25, 0.3) is 0 Å². The molecule has 0 radical (unpaired) electrons. The summed E-state index contributed by atoms with van der Waals surface area (Å²) in [5.41, 5.74) is 17.1. The zero-order chi connectivity index (χ0) is 27.9. The van der Waals surface area contributed by atoms with E-state index in [2.05, 4.69) is 53.7 Å². The second-order valence-electron chi connectivity index (χ2n) is 15.1. The second kappa shape index (κ2) is 9.14. The van der Waals surface area contributed by atoms with Gasteiger partial charge in [-0.1, -0.05) is 51.0 Å². The third-order valence-corrected chi connectivity index (χ3v) is 12.4. The molecule has 0 heterocycles. The minimum absolute atomic E-state index is 0.123. The van der Waals surface area contributed by atoms with Crippen molar-refractivity contribution in [2.45, 2.75) is 99.0 Å². The molecule has 212 valence electrons. The van der Waals surface area contributed by atoms with Crippen molar-refractivity contribution in [2.75, 3.05) is 11.5 Å². The maximum Gasteiger partial charge on any atom is 0.338 e. The van der Waals surface area contributed by atoms with Crippen LogP contribution in [-0.2, 0) is 4.74 Å². The summed E-state index contributed by atoms with van der Waals surface area (Å²) in [7, 11) is 0. The highest BCUT2D eigenvalue weighted by Crippen LogP contribution is 2.83. The summed E-state index contributed by atoms with van der Waals surface area (Å²) in [5.74, 6) is 4.72. The van der Waals surface area contributed by atoms with E-state index in [-0.39, 0.29) is 17.5 Å². The number of allylic oxidation sites excluding steroid dienone is 3. The van der Waals surface area contributed by atoms with E-state index in [0.29, 0.717) is 27.8 Å². The molecular weight excluding hydrogens is 480 g/mol. The van der Waals surface area contributed by atoms with Crippen LogP contribution in [0.2, 0.25) is 0 Å². The van der Waals surface area contributed by atoms with Crippen LogP contribution in [0.15, 0.2) is 41.5 Å². The standard InChI is InChI=1S/C35H50N2O2/c1-20(2)8-7-9-21(3)26-11-12-27-25-10-13-29-33(4,5)30(39-32(38)22-16-23(36)18-24(37)17-22)14-15-35(29)28(31(25)35)19-34(26,27)6/h8,13,16-18,21,25-28,30-31H,7,9-12,14-15,19,36-37H2,1-6H3. The quantitative estimate of drug-likeness (QED) is 0.221. The molecule has 4 nitrogen and oxygen atoms in total. The molecule has 5 aliphatic rings. The van der Waals surface area contributed by atoms with Gasteiger partial charge in [-0.25, -0.2) is 4.79 Å². The van der Waals surface area contributed by atoms with Crippen molar-refractivity contribution >= 4 is 17.3 Å². The van der Waals surface area contributed by atoms with E-state index in [4.69, 9.17) is 16.2 Å². The molecule has 39 heavy (non-hydrogen) atoms. The van der Waals surface area contributed by atoms with E-state index in [1.54, 1.807) is 23.8 Å². The normalized spacial score (nSPS) is 39.9. The Morgan fingerprint density at radius 3 is 2.49 bits per heavy atom. The first kappa shape index (κ1) is 27.0. The van der Waals surface area contributed by atoms with Gasteiger partial charge in [-0.2, -0.15) is 0 Å². The van der Waals surface area contributed by atoms with Gasteiger partial charge in [0.1, 0.15) is 6.10 Å². The first-order valence-electron chi connectivity index (χ1n) is 15.6. The van der Waals surface area contributed by atoms with Gasteiger partial charge < -0.3 is 16.2 Å². The molecule has 1 aromatic rings. The molecule has 9 atom stereocenters. The molecule has 4 N–H and O–H groups in total. The summed E-state index contributed by atoms with van der Waals surface area (Å²) in [5, 5.41) is 0. The molecule has 9 unspecified atom stereocenters. The molecule has 0 amide bonds. The molecule has 1 spiro atoms. The van der Waals surface area contributed by atoms with Crippen LogP contribution in [0.3, 0.4) is 0 Å². The molecule has 5 aliphatic carbocycles. The number of rotatable bonds is 6. The summed E-state index contributed by atoms with van der Waals surface area (Å²) in [4.78, 5) is 13.2. The largest absolute Gasteiger partial charge is 0.458 e. The maximum absolute atomic E-state index is 13.2. The van der Waals surface area contributed by atoms with Gasteiger partial charge in [0.05, 0.1) is 5.56 Å². The Morgan fingerprint density at radius 2 is 1.79 bits per heavy atom. The number of esters is 1. The lowest BCUT2D eigenvalue weighted by atomic mass is 9.57. The van der Waals surface area contributed by atoms with E-state index in [1.165, 1.54) is 44.1 Å². The molecule has 4 heteroatoms. The zero-order valence-electron chi connectivity index (χ0n) is 25.1. The molecule has 6 rings (SSSR count). The summed E-state index contributed by atoms with van der Waals surface area (Å²) < 4.78 is 6.23. The number of hydrogen-bond acceptors (Lipinski definition) is 4. The van der Waals surface area contributed by atoms with Crippen molar-refractivity contribution in [3.63, 3.8) is 0 Å². The summed E-state index contributed by atoms with van der Waals surface area (Å²) >= 11 is 0. The molecule has 4 saturated carbocycles. The lowest BCUT2D eigenvalue weighted by Gasteiger charge is -2.49. The van der Waals surface area contributed by atoms with Gasteiger partial charge >= 0.3 is 5.97 Å². The molecular formula is C35H50N2O2. The van der Waals surface area contributed by atoms with Gasteiger partial charge in [0, 0.05) is 16.8 Å². The summed E-state index contributed by atoms with van der Waals surface area (Å²) in [6, 6.07) is 5.02. The first-order valence-corrected chi connectivity index (χ1v) is 15.6. The van der Waals surface area contributed by atoms with Gasteiger partial charge in [-0.3, -0.25) is 0 Å². The number of nitrogens with two attached hydrogens (primary N) is 2. The zero-order valence-corrected chi connectivity index (χ0v) is 25.1. The molecule has 1 aromatic carbocycles. The van der Waals surface area contributed by atoms with Gasteiger partial charge in [-0.05, 0) is 130 Å². The Morgan fingerprint density at radius 1 is 1.08 bits per heavy atom. The fourth-order valence-electron chi connectivity index (χ4n) is 10.9. The lowest BCUT2D eigenvalue weighted by Crippen LogP contribution is -2.45. The Balaban J connectivity index is 1.21. The second-order valence-corrected chi connectivity index (χ2v) is 15.1. The maximum atomic E-state index is 13.2. The number of benzene rings is 1. The topological polar surface area (TPSA) is 78.3 Å². The van der Waals surface area contributed by atoms with Gasteiger partial charge in [0.2, 0.25) is 0 Å². The van der Waals surface area contributed by atoms with Crippen molar-refractivity contribution in [3.8, 4) is 0 Å². The van der Waals surface area contributed by atoms with Crippen molar-refractivity contribution in [3.05, 3.63) is 47.1 Å². The third kappa shape index (κ3) is 4.02. The average Bonchev–Trinajstić information content (AvgIpc) is 3.32. The highest BCUT2D eigenvalue weighted by atomic mass is 16.5. The fraction of sp³-hybridized carbons (Fsp3) is 0.686. The van der Waals surface area contributed by atoms with Crippen molar-refractivity contribution in [2.24, 2.45) is 51.8 Å². The average molecular weight is 531 g/mol. The van der Waals surface area contributed by atoms with Crippen LogP contribution >= 0.6 is 0 Å². The predicted molar refractivity (Wildman–Crippen MR) is 160 cm³/mol. The molecule has 0 bridgehead atoms. The molecule has 0 aliphatic heterocycles. The van der Waals surface area contributed by atoms with Crippen LogP contribution in [0, 0.1) is 51.8 Å².